The number of ether oxygens (including phenoxy) is 1. The summed E-state index contributed by atoms with van der Waals surface area (Å²) < 4.78 is 6.72. The zero-order valence-corrected chi connectivity index (χ0v) is 14.8. The minimum absolute atomic E-state index is 0.182. The zero-order chi connectivity index (χ0) is 17.5. The number of benzene rings is 1. The first-order valence-electron chi connectivity index (χ1n) is 7.96. The Morgan fingerprint density at radius 1 is 1.38 bits per heavy atom. The predicted octanol–water partition coefficient (Wildman–Crippen LogP) is 3.29. The molecule has 0 aliphatic heterocycles. The molecule has 0 spiro atoms. The van der Waals surface area contributed by atoms with Crippen molar-refractivity contribution in [2.45, 2.75) is 38.8 Å². The molecule has 2 N–H and O–H groups in total. The van der Waals surface area contributed by atoms with Crippen molar-refractivity contribution >= 4 is 33.3 Å². The summed E-state index contributed by atoms with van der Waals surface area (Å²) in [6, 6.07) is 7.36. The highest BCUT2D eigenvalue weighted by atomic mass is 32.1. The Morgan fingerprint density at radius 2 is 2.12 bits per heavy atom. The Hall–Kier alpha value is -1.92. The predicted molar refractivity (Wildman–Crippen MR) is 93.5 cm³/mol. The number of aliphatic carboxylic acids is 1. The van der Waals surface area contributed by atoms with Crippen LogP contribution in [0.4, 0.5) is 0 Å². The van der Waals surface area contributed by atoms with Gasteiger partial charge in [0, 0.05) is 28.7 Å². The van der Waals surface area contributed by atoms with E-state index in [0.717, 1.165) is 10.1 Å². The van der Waals surface area contributed by atoms with Gasteiger partial charge in [0.1, 0.15) is 5.54 Å². The lowest BCUT2D eigenvalue weighted by atomic mass is 9.54. The largest absolute Gasteiger partial charge is 0.479 e. The van der Waals surface area contributed by atoms with E-state index in [2.05, 4.69) is 5.32 Å². The first-order chi connectivity index (χ1) is 11.3. The van der Waals surface area contributed by atoms with Crippen molar-refractivity contribution in [2.75, 3.05) is 6.61 Å². The molecule has 5 nitrogen and oxygen atoms in total. The number of carbonyl (C=O) groups is 2. The maximum Gasteiger partial charge on any atom is 0.330 e. The van der Waals surface area contributed by atoms with E-state index in [1.54, 1.807) is 23.5 Å². The molecule has 1 fully saturated rings. The number of carbonyl (C=O) groups excluding carboxylic acids is 1. The average Bonchev–Trinajstić information content (AvgIpc) is 3.00. The van der Waals surface area contributed by atoms with Gasteiger partial charge in [0.2, 0.25) is 0 Å². The fraction of sp³-hybridized carbons (Fsp3) is 0.444. The van der Waals surface area contributed by atoms with Crippen LogP contribution in [0.3, 0.4) is 0 Å². The third-order valence-electron chi connectivity index (χ3n) is 5.17. The molecular formula is C18H21NO4S. The lowest BCUT2D eigenvalue weighted by Gasteiger charge is -2.58. The van der Waals surface area contributed by atoms with Gasteiger partial charge in [-0.2, -0.15) is 0 Å². The van der Waals surface area contributed by atoms with Gasteiger partial charge in [-0.1, -0.05) is 13.8 Å². The summed E-state index contributed by atoms with van der Waals surface area (Å²) in [6.45, 7) is 6.05. The first-order valence-corrected chi connectivity index (χ1v) is 8.84. The molecule has 2 atom stereocenters. The normalized spacial score (nSPS) is 25.2. The Kier molecular flexibility index (Phi) is 4.13. The average molecular weight is 347 g/mol. The molecule has 3 rings (SSSR count). The van der Waals surface area contributed by atoms with Gasteiger partial charge < -0.3 is 15.2 Å². The van der Waals surface area contributed by atoms with Crippen molar-refractivity contribution < 1.29 is 19.4 Å². The minimum atomic E-state index is -1.31. The van der Waals surface area contributed by atoms with Crippen molar-refractivity contribution in [3.05, 3.63) is 35.2 Å². The topological polar surface area (TPSA) is 75.6 Å². The number of fused-ring (bicyclic) bond motifs is 1. The third kappa shape index (κ3) is 2.41. The summed E-state index contributed by atoms with van der Waals surface area (Å²) >= 11 is 1.60. The smallest absolute Gasteiger partial charge is 0.330 e. The van der Waals surface area contributed by atoms with Crippen LogP contribution in [-0.4, -0.2) is 35.2 Å². The van der Waals surface area contributed by atoms with Gasteiger partial charge in [0.05, 0.1) is 6.10 Å². The lowest BCUT2D eigenvalue weighted by molar-refractivity contribution is -0.190. The molecule has 128 valence electrons. The molecule has 2 aromatic rings. The molecular weight excluding hydrogens is 326 g/mol. The van der Waals surface area contributed by atoms with E-state index in [1.807, 2.05) is 38.3 Å². The third-order valence-corrected chi connectivity index (χ3v) is 6.07. The summed E-state index contributed by atoms with van der Waals surface area (Å²) in [5.74, 6) is -1.39. The van der Waals surface area contributed by atoms with Crippen LogP contribution in [0.15, 0.2) is 29.6 Å². The quantitative estimate of drug-likeness (QED) is 0.870. The fourth-order valence-corrected chi connectivity index (χ4v) is 4.18. The number of nitrogens with one attached hydrogen (secondary N) is 1. The van der Waals surface area contributed by atoms with Crippen LogP contribution in [0, 0.1) is 5.41 Å². The SMILES string of the molecule is CCO[C@@H]1C[C@@](NC(=O)c2ccc3sccc3c2)(C(=O)O)C1(C)C. The summed E-state index contributed by atoms with van der Waals surface area (Å²) in [4.78, 5) is 24.6. The molecule has 1 aliphatic carbocycles. The molecule has 1 heterocycles. The van der Waals surface area contributed by atoms with E-state index in [-0.39, 0.29) is 18.4 Å². The van der Waals surface area contributed by atoms with Crippen molar-refractivity contribution in [2.24, 2.45) is 5.41 Å². The Labute approximate surface area is 144 Å². The monoisotopic (exact) mass is 347 g/mol. The maximum atomic E-state index is 12.7. The summed E-state index contributed by atoms with van der Waals surface area (Å²) in [5, 5.41) is 15.5. The standard InChI is InChI=1S/C18H21NO4S/c1-4-23-14-10-18(16(21)22,17(14,2)3)19-15(20)12-5-6-13-11(9-12)7-8-24-13/h5-9,14H,4,10H2,1-3H3,(H,19,20)(H,21,22)/t14-,18-/m1/s1. The van der Waals surface area contributed by atoms with Crippen molar-refractivity contribution in [3.8, 4) is 0 Å². The molecule has 1 amide bonds. The number of hydrogen-bond donors (Lipinski definition) is 2. The number of rotatable bonds is 5. The molecule has 0 bridgehead atoms. The molecule has 6 heteroatoms. The second-order valence-corrected chi connectivity index (χ2v) is 7.66. The zero-order valence-electron chi connectivity index (χ0n) is 14.0. The minimum Gasteiger partial charge on any atom is -0.479 e. The molecule has 1 aromatic carbocycles. The lowest BCUT2D eigenvalue weighted by Crippen LogP contribution is -2.76. The molecule has 1 aliphatic rings. The molecule has 0 radical (unpaired) electrons. The van der Waals surface area contributed by atoms with Gasteiger partial charge in [-0.15, -0.1) is 11.3 Å². The van der Waals surface area contributed by atoms with E-state index >= 15 is 0 Å². The second kappa shape index (κ2) is 5.86. The highest BCUT2D eigenvalue weighted by Crippen LogP contribution is 2.51. The molecule has 0 unspecified atom stereocenters. The second-order valence-electron chi connectivity index (χ2n) is 6.71. The summed E-state index contributed by atoms with van der Waals surface area (Å²) in [5.41, 5.74) is -1.53. The number of carboxylic acid groups (broad SMARTS) is 1. The highest BCUT2D eigenvalue weighted by Gasteiger charge is 2.66. The van der Waals surface area contributed by atoms with Gasteiger partial charge in [-0.3, -0.25) is 4.79 Å². The molecule has 1 aromatic heterocycles. The van der Waals surface area contributed by atoms with Gasteiger partial charge in [-0.25, -0.2) is 4.79 Å². The summed E-state index contributed by atoms with van der Waals surface area (Å²) in [7, 11) is 0. The van der Waals surface area contributed by atoms with Crippen LogP contribution in [0.5, 0.6) is 0 Å². The van der Waals surface area contributed by atoms with Crippen LogP contribution < -0.4 is 5.32 Å². The van der Waals surface area contributed by atoms with Crippen molar-refractivity contribution in [3.63, 3.8) is 0 Å². The Balaban J connectivity index is 1.86. The van der Waals surface area contributed by atoms with Crippen LogP contribution in [0.1, 0.15) is 37.6 Å². The van der Waals surface area contributed by atoms with Gasteiger partial charge in [0.25, 0.3) is 5.91 Å². The van der Waals surface area contributed by atoms with E-state index in [9.17, 15) is 14.7 Å². The molecule has 1 saturated carbocycles. The maximum absolute atomic E-state index is 12.7. The van der Waals surface area contributed by atoms with Gasteiger partial charge in [0.15, 0.2) is 0 Å². The van der Waals surface area contributed by atoms with E-state index < -0.39 is 16.9 Å². The number of carboxylic acids is 1. The fourth-order valence-electron chi connectivity index (χ4n) is 3.41. The Bertz CT molecular complexity index is 797. The molecule has 0 saturated heterocycles. The van der Waals surface area contributed by atoms with Crippen LogP contribution >= 0.6 is 11.3 Å². The van der Waals surface area contributed by atoms with Gasteiger partial charge in [-0.05, 0) is 42.0 Å². The first kappa shape index (κ1) is 16.9. The van der Waals surface area contributed by atoms with Crippen LogP contribution in [-0.2, 0) is 9.53 Å². The van der Waals surface area contributed by atoms with Crippen molar-refractivity contribution in [1.29, 1.82) is 0 Å². The van der Waals surface area contributed by atoms with Crippen LogP contribution in [0.2, 0.25) is 0 Å². The Morgan fingerprint density at radius 3 is 2.75 bits per heavy atom. The van der Waals surface area contributed by atoms with Gasteiger partial charge >= 0.3 is 5.97 Å². The van der Waals surface area contributed by atoms with Crippen molar-refractivity contribution in [1.82, 2.24) is 5.32 Å². The molecule has 24 heavy (non-hydrogen) atoms. The van der Waals surface area contributed by atoms with E-state index in [1.165, 1.54) is 0 Å². The van der Waals surface area contributed by atoms with Crippen LogP contribution in [0.25, 0.3) is 10.1 Å². The highest BCUT2D eigenvalue weighted by molar-refractivity contribution is 7.17. The number of amides is 1. The number of thiophene rings is 1. The van der Waals surface area contributed by atoms with E-state index in [4.69, 9.17) is 4.74 Å². The summed E-state index contributed by atoms with van der Waals surface area (Å²) in [6.07, 6.45) is 0.0912. The number of hydrogen-bond acceptors (Lipinski definition) is 4. The van der Waals surface area contributed by atoms with E-state index in [0.29, 0.717) is 12.2 Å².